The molecular weight excluding hydrogens is 255 g/mol. The minimum atomic E-state index is -0.241. The van der Waals surface area contributed by atoms with Crippen LogP contribution in [0.4, 0.5) is 10.1 Å². The van der Waals surface area contributed by atoms with E-state index in [1.54, 1.807) is 6.07 Å². The fourth-order valence-electron chi connectivity index (χ4n) is 2.59. The van der Waals surface area contributed by atoms with Crippen LogP contribution in [0.25, 0.3) is 0 Å². The molecule has 1 saturated heterocycles. The van der Waals surface area contributed by atoms with E-state index in [9.17, 15) is 9.50 Å². The predicted octanol–water partition coefficient (Wildman–Crippen LogP) is 2.07. The molecule has 1 aromatic rings. The number of hydrogen-bond acceptors (Lipinski definition) is 3. The largest absolute Gasteiger partial charge is 0.393 e. The van der Waals surface area contributed by atoms with Gasteiger partial charge in [-0.25, -0.2) is 4.39 Å². The van der Waals surface area contributed by atoms with E-state index in [0.29, 0.717) is 6.54 Å². The van der Waals surface area contributed by atoms with Crippen LogP contribution in [-0.4, -0.2) is 30.8 Å². The van der Waals surface area contributed by atoms with E-state index in [2.05, 4.69) is 16.1 Å². The number of terminal acetylenes is 1. The van der Waals surface area contributed by atoms with Gasteiger partial charge in [0.05, 0.1) is 12.6 Å². The Labute approximate surface area is 119 Å². The van der Waals surface area contributed by atoms with Gasteiger partial charge in [0, 0.05) is 24.8 Å². The van der Waals surface area contributed by atoms with Crippen molar-refractivity contribution in [2.75, 3.05) is 24.5 Å². The second-order valence-corrected chi connectivity index (χ2v) is 5.23. The summed E-state index contributed by atoms with van der Waals surface area (Å²) in [5, 5.41) is 12.8. The maximum absolute atomic E-state index is 13.5. The third-order valence-electron chi connectivity index (χ3n) is 3.77. The highest BCUT2D eigenvalue weighted by Gasteiger charge is 2.21. The molecule has 0 bridgehead atoms. The van der Waals surface area contributed by atoms with Gasteiger partial charge in [0.1, 0.15) is 5.82 Å². The molecule has 1 aromatic carbocycles. The number of anilines is 1. The first-order chi connectivity index (χ1) is 9.61. The smallest absolute Gasteiger partial charge is 0.123 e. The van der Waals surface area contributed by atoms with Crippen LogP contribution in [0, 0.1) is 18.2 Å². The lowest BCUT2D eigenvalue weighted by molar-refractivity contribution is 0.145. The number of piperidine rings is 1. The van der Waals surface area contributed by atoms with Crippen LogP contribution in [0.3, 0.4) is 0 Å². The van der Waals surface area contributed by atoms with Crippen LogP contribution in [0.2, 0.25) is 0 Å². The fraction of sp³-hybridized carbons (Fsp3) is 0.500. The van der Waals surface area contributed by atoms with E-state index >= 15 is 0 Å². The predicted molar refractivity (Wildman–Crippen MR) is 79.1 cm³/mol. The summed E-state index contributed by atoms with van der Waals surface area (Å²) in [6, 6.07) is 4.85. The lowest BCUT2D eigenvalue weighted by atomic mass is 10.0. The Morgan fingerprint density at radius 2 is 2.20 bits per heavy atom. The molecule has 0 aromatic heterocycles. The quantitative estimate of drug-likeness (QED) is 0.826. The van der Waals surface area contributed by atoms with Gasteiger partial charge in [-0.1, -0.05) is 5.92 Å². The second-order valence-electron chi connectivity index (χ2n) is 5.23. The third kappa shape index (κ3) is 3.50. The number of aliphatic hydroxyl groups excluding tert-OH is 1. The van der Waals surface area contributed by atoms with Crippen molar-refractivity contribution in [3.63, 3.8) is 0 Å². The summed E-state index contributed by atoms with van der Waals surface area (Å²) in [6.45, 7) is 4.02. The van der Waals surface area contributed by atoms with Gasteiger partial charge < -0.3 is 10.0 Å². The van der Waals surface area contributed by atoms with Crippen molar-refractivity contribution in [3.05, 3.63) is 29.6 Å². The molecule has 108 valence electrons. The number of halogens is 1. The lowest BCUT2D eigenvalue weighted by Crippen LogP contribution is -2.37. The number of benzene rings is 1. The summed E-state index contributed by atoms with van der Waals surface area (Å²) in [6.07, 6.45) is 6.55. The molecule has 1 aliphatic heterocycles. The highest BCUT2D eigenvalue weighted by Crippen LogP contribution is 2.29. The van der Waals surface area contributed by atoms with Crippen molar-refractivity contribution in [3.8, 4) is 12.3 Å². The zero-order valence-corrected chi connectivity index (χ0v) is 11.8. The Morgan fingerprint density at radius 1 is 1.50 bits per heavy atom. The Morgan fingerprint density at radius 3 is 2.85 bits per heavy atom. The van der Waals surface area contributed by atoms with Crippen molar-refractivity contribution in [2.45, 2.75) is 31.9 Å². The van der Waals surface area contributed by atoms with Crippen molar-refractivity contribution < 1.29 is 9.50 Å². The van der Waals surface area contributed by atoms with Gasteiger partial charge in [0.25, 0.3) is 0 Å². The molecule has 2 N–H and O–H groups in total. The zero-order valence-electron chi connectivity index (χ0n) is 11.8. The zero-order chi connectivity index (χ0) is 14.5. The van der Waals surface area contributed by atoms with Crippen LogP contribution in [0.5, 0.6) is 0 Å². The van der Waals surface area contributed by atoms with Gasteiger partial charge in [-0.2, -0.15) is 0 Å². The molecule has 1 aliphatic rings. The summed E-state index contributed by atoms with van der Waals surface area (Å²) >= 11 is 0. The van der Waals surface area contributed by atoms with E-state index in [1.165, 1.54) is 6.07 Å². The summed E-state index contributed by atoms with van der Waals surface area (Å²) in [7, 11) is 0. The van der Waals surface area contributed by atoms with E-state index in [4.69, 9.17) is 6.42 Å². The molecule has 0 aliphatic carbocycles. The van der Waals surface area contributed by atoms with E-state index in [1.807, 2.05) is 13.0 Å². The average molecular weight is 276 g/mol. The molecule has 1 fully saturated rings. The molecule has 4 heteroatoms. The van der Waals surface area contributed by atoms with Crippen LogP contribution < -0.4 is 10.2 Å². The molecule has 0 radical (unpaired) electrons. The van der Waals surface area contributed by atoms with Crippen LogP contribution in [-0.2, 0) is 0 Å². The molecule has 0 amide bonds. The van der Waals surface area contributed by atoms with Crippen LogP contribution in [0.1, 0.15) is 31.4 Å². The standard InChI is InChI=1S/C16H21FN2O/c1-3-8-18-12(2)15-11-13(17)4-5-16(15)19-9-6-14(20)7-10-19/h1,4-5,11-12,14,18,20H,6-10H2,2H3. The summed E-state index contributed by atoms with van der Waals surface area (Å²) in [5.41, 5.74) is 1.94. The third-order valence-corrected chi connectivity index (χ3v) is 3.77. The molecule has 1 heterocycles. The van der Waals surface area contributed by atoms with E-state index in [-0.39, 0.29) is 18.0 Å². The minimum absolute atomic E-state index is 0.0106. The first-order valence-electron chi connectivity index (χ1n) is 7.01. The van der Waals surface area contributed by atoms with Crippen molar-refractivity contribution in [1.82, 2.24) is 5.32 Å². The summed E-state index contributed by atoms with van der Waals surface area (Å²) in [5.74, 6) is 2.30. The van der Waals surface area contributed by atoms with Crippen LogP contribution in [0.15, 0.2) is 18.2 Å². The molecule has 0 saturated carbocycles. The SMILES string of the molecule is C#CCNC(C)c1cc(F)ccc1N1CCC(O)CC1. The topological polar surface area (TPSA) is 35.5 Å². The van der Waals surface area contributed by atoms with E-state index in [0.717, 1.165) is 37.2 Å². The number of nitrogens with zero attached hydrogens (tertiary/aromatic N) is 1. The molecule has 20 heavy (non-hydrogen) atoms. The maximum Gasteiger partial charge on any atom is 0.123 e. The Balaban J connectivity index is 2.21. The molecule has 3 nitrogen and oxygen atoms in total. The first kappa shape index (κ1) is 14.8. The van der Waals surface area contributed by atoms with E-state index < -0.39 is 0 Å². The van der Waals surface area contributed by atoms with Crippen molar-refractivity contribution in [2.24, 2.45) is 0 Å². The van der Waals surface area contributed by atoms with Crippen molar-refractivity contribution in [1.29, 1.82) is 0 Å². The number of aliphatic hydroxyl groups is 1. The lowest BCUT2D eigenvalue weighted by Gasteiger charge is -2.34. The Bertz CT molecular complexity index is 490. The Kier molecular flexibility index (Phi) is 4.99. The highest BCUT2D eigenvalue weighted by atomic mass is 19.1. The molecule has 2 rings (SSSR count). The first-order valence-corrected chi connectivity index (χ1v) is 7.01. The number of nitrogens with one attached hydrogen (secondary N) is 1. The van der Waals surface area contributed by atoms with Crippen LogP contribution >= 0.6 is 0 Å². The molecule has 1 unspecified atom stereocenters. The van der Waals surface area contributed by atoms with Gasteiger partial charge in [0.2, 0.25) is 0 Å². The summed E-state index contributed by atoms with van der Waals surface area (Å²) in [4.78, 5) is 2.20. The van der Waals surface area contributed by atoms with Gasteiger partial charge in [-0.3, -0.25) is 5.32 Å². The number of rotatable bonds is 4. The molecular formula is C16H21FN2O. The van der Waals surface area contributed by atoms with Gasteiger partial charge in [-0.05, 0) is 43.5 Å². The van der Waals surface area contributed by atoms with Gasteiger partial charge in [0.15, 0.2) is 0 Å². The maximum atomic E-state index is 13.5. The van der Waals surface area contributed by atoms with Gasteiger partial charge >= 0.3 is 0 Å². The second kappa shape index (κ2) is 6.74. The van der Waals surface area contributed by atoms with Gasteiger partial charge in [-0.15, -0.1) is 6.42 Å². The number of hydrogen-bond donors (Lipinski definition) is 2. The minimum Gasteiger partial charge on any atom is -0.393 e. The average Bonchev–Trinajstić information content (AvgIpc) is 2.46. The Hall–Kier alpha value is -1.57. The normalized spacial score (nSPS) is 17.8. The highest BCUT2D eigenvalue weighted by molar-refractivity contribution is 5.55. The molecule has 0 spiro atoms. The monoisotopic (exact) mass is 276 g/mol. The fourth-order valence-corrected chi connectivity index (χ4v) is 2.59. The van der Waals surface area contributed by atoms with Crippen molar-refractivity contribution >= 4 is 5.69 Å². The molecule has 1 atom stereocenters. The summed E-state index contributed by atoms with van der Waals surface area (Å²) < 4.78 is 13.5.